The number of methoxy groups -OCH3 is 1. The quantitative estimate of drug-likeness (QED) is 0.438. The zero-order valence-corrected chi connectivity index (χ0v) is 14.2. The largest absolute Gasteiger partial charge is 0.473 e. The second-order valence-electron chi connectivity index (χ2n) is 5.44. The van der Waals surface area contributed by atoms with Crippen LogP contribution >= 0.6 is 0 Å². The Kier molecular flexibility index (Phi) is 6.20. The van der Waals surface area contributed by atoms with E-state index in [0.29, 0.717) is 25.7 Å². The zero-order chi connectivity index (χ0) is 17.3. The Bertz CT molecular complexity index is 806. The van der Waals surface area contributed by atoms with E-state index in [1.165, 1.54) is 0 Å². The van der Waals surface area contributed by atoms with Crippen LogP contribution in [0.4, 0.5) is 0 Å². The fourth-order valence-electron chi connectivity index (χ4n) is 2.32. The molecule has 0 aliphatic heterocycles. The van der Waals surface area contributed by atoms with E-state index in [0.717, 1.165) is 22.2 Å². The van der Waals surface area contributed by atoms with Gasteiger partial charge < -0.3 is 18.9 Å². The summed E-state index contributed by atoms with van der Waals surface area (Å²) >= 11 is 0. The van der Waals surface area contributed by atoms with Crippen molar-refractivity contribution >= 4 is 10.9 Å². The van der Waals surface area contributed by atoms with E-state index in [1.54, 1.807) is 7.11 Å². The van der Waals surface area contributed by atoms with Crippen LogP contribution in [0.5, 0.6) is 11.6 Å². The molecule has 0 N–H and O–H groups in total. The molecule has 0 spiro atoms. The Balaban J connectivity index is 1.54. The SMILES string of the molecule is COCCOCOc1cccc(COc2ccc3ccccc3n2)c1. The van der Waals surface area contributed by atoms with Crippen molar-refractivity contribution in [2.75, 3.05) is 27.1 Å². The predicted molar refractivity (Wildman–Crippen MR) is 95.8 cm³/mol. The first kappa shape index (κ1) is 17.2. The van der Waals surface area contributed by atoms with Gasteiger partial charge in [0.25, 0.3) is 0 Å². The van der Waals surface area contributed by atoms with Gasteiger partial charge in [-0.05, 0) is 29.8 Å². The molecule has 3 rings (SSSR count). The van der Waals surface area contributed by atoms with Gasteiger partial charge in [-0.3, -0.25) is 0 Å². The molecule has 130 valence electrons. The van der Waals surface area contributed by atoms with Crippen molar-refractivity contribution in [2.45, 2.75) is 6.61 Å². The molecule has 0 amide bonds. The highest BCUT2D eigenvalue weighted by Gasteiger charge is 2.02. The number of nitrogens with zero attached hydrogens (tertiary/aromatic N) is 1. The van der Waals surface area contributed by atoms with Crippen LogP contribution < -0.4 is 9.47 Å². The van der Waals surface area contributed by atoms with Gasteiger partial charge in [0.2, 0.25) is 5.88 Å². The summed E-state index contributed by atoms with van der Waals surface area (Å²) in [6.07, 6.45) is 0. The zero-order valence-electron chi connectivity index (χ0n) is 14.2. The number of aromatic nitrogens is 1. The molecule has 1 aromatic heterocycles. The Hall–Kier alpha value is -2.63. The Morgan fingerprint density at radius 3 is 2.72 bits per heavy atom. The van der Waals surface area contributed by atoms with Crippen LogP contribution in [0.15, 0.2) is 60.7 Å². The van der Waals surface area contributed by atoms with E-state index in [-0.39, 0.29) is 6.79 Å². The van der Waals surface area contributed by atoms with Gasteiger partial charge in [0.15, 0.2) is 6.79 Å². The smallest absolute Gasteiger partial charge is 0.214 e. The summed E-state index contributed by atoms with van der Waals surface area (Å²) in [7, 11) is 1.64. The Labute approximate surface area is 147 Å². The number of para-hydroxylation sites is 1. The first-order valence-corrected chi connectivity index (χ1v) is 8.12. The Morgan fingerprint density at radius 2 is 1.80 bits per heavy atom. The number of rotatable bonds is 9. The van der Waals surface area contributed by atoms with Gasteiger partial charge in [0.1, 0.15) is 12.4 Å². The maximum atomic E-state index is 5.80. The van der Waals surface area contributed by atoms with Gasteiger partial charge in [0.05, 0.1) is 18.7 Å². The van der Waals surface area contributed by atoms with E-state index < -0.39 is 0 Å². The standard InChI is InChI=1S/C20H21NO4/c1-22-11-12-23-15-25-18-7-4-5-16(13-18)14-24-20-10-9-17-6-2-3-8-19(17)21-20/h2-10,13H,11-12,14-15H2,1H3. The molecule has 25 heavy (non-hydrogen) atoms. The van der Waals surface area contributed by atoms with E-state index >= 15 is 0 Å². The lowest BCUT2D eigenvalue weighted by Crippen LogP contribution is -2.08. The number of ether oxygens (including phenoxy) is 4. The van der Waals surface area contributed by atoms with Crippen molar-refractivity contribution in [1.82, 2.24) is 4.98 Å². The summed E-state index contributed by atoms with van der Waals surface area (Å²) in [5.74, 6) is 1.35. The molecule has 3 aromatic rings. The highest BCUT2D eigenvalue weighted by Crippen LogP contribution is 2.18. The molecule has 5 nitrogen and oxygen atoms in total. The second kappa shape index (κ2) is 9.01. The van der Waals surface area contributed by atoms with E-state index in [9.17, 15) is 0 Å². The van der Waals surface area contributed by atoms with E-state index in [4.69, 9.17) is 18.9 Å². The van der Waals surface area contributed by atoms with Gasteiger partial charge in [0, 0.05) is 18.6 Å². The first-order chi connectivity index (χ1) is 12.3. The first-order valence-electron chi connectivity index (χ1n) is 8.12. The summed E-state index contributed by atoms with van der Waals surface area (Å²) in [6.45, 7) is 1.68. The molecule has 0 saturated heterocycles. The number of benzene rings is 2. The average molecular weight is 339 g/mol. The third kappa shape index (κ3) is 5.17. The molecule has 0 aliphatic rings. The lowest BCUT2D eigenvalue weighted by molar-refractivity contribution is -0.00852. The van der Waals surface area contributed by atoms with Gasteiger partial charge in [-0.25, -0.2) is 4.98 Å². The van der Waals surface area contributed by atoms with E-state index in [2.05, 4.69) is 4.98 Å². The molecule has 0 unspecified atom stereocenters. The maximum Gasteiger partial charge on any atom is 0.214 e. The molecule has 5 heteroatoms. The molecule has 2 aromatic carbocycles. The third-order valence-corrected chi connectivity index (χ3v) is 3.60. The van der Waals surface area contributed by atoms with Crippen LogP contribution in [0.25, 0.3) is 10.9 Å². The highest BCUT2D eigenvalue weighted by atomic mass is 16.7. The fraction of sp³-hybridized carbons (Fsp3) is 0.250. The van der Waals surface area contributed by atoms with Gasteiger partial charge in [-0.1, -0.05) is 30.3 Å². The normalized spacial score (nSPS) is 10.8. The minimum Gasteiger partial charge on any atom is -0.473 e. The van der Waals surface area contributed by atoms with Crippen LogP contribution in [-0.4, -0.2) is 32.1 Å². The summed E-state index contributed by atoms with van der Waals surface area (Å²) in [6, 6.07) is 19.6. The van der Waals surface area contributed by atoms with Crippen molar-refractivity contribution in [3.63, 3.8) is 0 Å². The van der Waals surface area contributed by atoms with Crippen molar-refractivity contribution < 1.29 is 18.9 Å². The summed E-state index contributed by atoms with van der Waals surface area (Å²) in [5.41, 5.74) is 1.93. The van der Waals surface area contributed by atoms with Crippen molar-refractivity contribution in [2.24, 2.45) is 0 Å². The number of hydrogen-bond acceptors (Lipinski definition) is 5. The van der Waals surface area contributed by atoms with Crippen LogP contribution in [0.2, 0.25) is 0 Å². The lowest BCUT2D eigenvalue weighted by atomic mass is 10.2. The van der Waals surface area contributed by atoms with Crippen molar-refractivity contribution in [3.8, 4) is 11.6 Å². The summed E-state index contributed by atoms with van der Waals surface area (Å²) < 4.78 is 21.6. The highest BCUT2D eigenvalue weighted by molar-refractivity contribution is 5.78. The molecule has 0 fully saturated rings. The third-order valence-electron chi connectivity index (χ3n) is 3.60. The molecule has 1 heterocycles. The predicted octanol–water partition coefficient (Wildman–Crippen LogP) is 3.81. The molecular formula is C20H21NO4. The Morgan fingerprint density at radius 1 is 0.880 bits per heavy atom. The molecule has 0 aliphatic carbocycles. The fourth-order valence-corrected chi connectivity index (χ4v) is 2.32. The maximum absolute atomic E-state index is 5.80. The minimum atomic E-state index is 0.194. The summed E-state index contributed by atoms with van der Waals surface area (Å²) in [5, 5.41) is 1.10. The number of fused-ring (bicyclic) bond motifs is 1. The van der Waals surface area contributed by atoms with Crippen molar-refractivity contribution in [3.05, 3.63) is 66.2 Å². The number of pyridine rings is 1. The lowest BCUT2D eigenvalue weighted by Gasteiger charge is -2.10. The van der Waals surface area contributed by atoms with Gasteiger partial charge in [-0.2, -0.15) is 0 Å². The van der Waals surface area contributed by atoms with Crippen molar-refractivity contribution in [1.29, 1.82) is 0 Å². The van der Waals surface area contributed by atoms with Crippen LogP contribution in [0, 0.1) is 0 Å². The number of hydrogen-bond donors (Lipinski definition) is 0. The second-order valence-corrected chi connectivity index (χ2v) is 5.44. The van der Waals surface area contributed by atoms with E-state index in [1.807, 2.05) is 60.7 Å². The minimum absolute atomic E-state index is 0.194. The molecule has 0 atom stereocenters. The monoisotopic (exact) mass is 339 g/mol. The van der Waals surface area contributed by atoms with Gasteiger partial charge >= 0.3 is 0 Å². The average Bonchev–Trinajstić information content (AvgIpc) is 2.66. The van der Waals surface area contributed by atoms with Crippen LogP contribution in [0.3, 0.4) is 0 Å². The van der Waals surface area contributed by atoms with Crippen LogP contribution in [-0.2, 0) is 16.1 Å². The topological polar surface area (TPSA) is 49.8 Å². The molecule has 0 bridgehead atoms. The summed E-state index contributed by atoms with van der Waals surface area (Å²) in [4.78, 5) is 4.51. The van der Waals surface area contributed by atoms with Gasteiger partial charge in [-0.15, -0.1) is 0 Å². The molecule has 0 saturated carbocycles. The molecule has 0 radical (unpaired) electrons. The molecular weight excluding hydrogens is 318 g/mol. The van der Waals surface area contributed by atoms with Crippen LogP contribution in [0.1, 0.15) is 5.56 Å².